The van der Waals surface area contributed by atoms with Gasteiger partial charge in [-0.1, -0.05) is 25.6 Å². The van der Waals surface area contributed by atoms with Gasteiger partial charge in [0.1, 0.15) is 0 Å². The van der Waals surface area contributed by atoms with Crippen molar-refractivity contribution in [1.82, 2.24) is 9.97 Å². The maximum atomic E-state index is 11.7. The summed E-state index contributed by atoms with van der Waals surface area (Å²) in [6, 6.07) is 0. The summed E-state index contributed by atoms with van der Waals surface area (Å²) in [6.07, 6.45) is 1.92. The van der Waals surface area contributed by atoms with Crippen molar-refractivity contribution >= 4 is 23.5 Å². The summed E-state index contributed by atoms with van der Waals surface area (Å²) in [7, 11) is 0. The van der Waals surface area contributed by atoms with Gasteiger partial charge in [0.05, 0.1) is 10.6 Å². The summed E-state index contributed by atoms with van der Waals surface area (Å²) in [5.74, 6) is 0.378. The van der Waals surface area contributed by atoms with E-state index >= 15 is 0 Å². The molecule has 2 rings (SSSR count). The van der Waals surface area contributed by atoms with Gasteiger partial charge in [0.2, 0.25) is 0 Å². The molecule has 2 atom stereocenters. The highest BCUT2D eigenvalue weighted by atomic mass is 32.2. The monoisotopic (exact) mass is 228 g/mol. The first-order valence-corrected chi connectivity index (χ1v) is 6.58. The van der Waals surface area contributed by atoms with Crippen LogP contribution in [0.2, 0.25) is 0 Å². The van der Waals surface area contributed by atoms with Crippen molar-refractivity contribution in [3.8, 4) is 0 Å². The van der Waals surface area contributed by atoms with Crippen LogP contribution in [0.5, 0.6) is 0 Å². The number of rotatable bonds is 1. The zero-order valence-electron chi connectivity index (χ0n) is 8.33. The van der Waals surface area contributed by atoms with Crippen LogP contribution >= 0.6 is 23.5 Å². The fourth-order valence-corrected chi connectivity index (χ4v) is 3.09. The molecule has 1 aromatic rings. The average molecular weight is 228 g/mol. The van der Waals surface area contributed by atoms with Crippen LogP contribution < -0.4 is 5.56 Å². The molecule has 0 bridgehead atoms. The molecule has 76 valence electrons. The van der Waals surface area contributed by atoms with Crippen molar-refractivity contribution in [1.29, 1.82) is 0 Å². The molecule has 1 aliphatic heterocycles. The van der Waals surface area contributed by atoms with Crippen LogP contribution in [0, 0.1) is 0 Å². The minimum absolute atomic E-state index is 0.0144. The molecule has 0 saturated carbocycles. The van der Waals surface area contributed by atoms with Crippen molar-refractivity contribution in [3.05, 3.63) is 16.0 Å². The van der Waals surface area contributed by atoms with Crippen LogP contribution in [0.15, 0.2) is 14.8 Å². The SMILES string of the molecule is CSc1nc2c(c(=O)[nH]1)SC(C)C2C. The number of nitrogens with one attached hydrogen (secondary N) is 1. The lowest BCUT2D eigenvalue weighted by Crippen LogP contribution is -2.12. The van der Waals surface area contributed by atoms with E-state index in [-0.39, 0.29) is 5.56 Å². The van der Waals surface area contributed by atoms with Crippen molar-refractivity contribution < 1.29 is 0 Å². The second-order valence-electron chi connectivity index (χ2n) is 3.40. The van der Waals surface area contributed by atoms with Gasteiger partial charge in [0.15, 0.2) is 5.16 Å². The number of nitrogens with zero attached hydrogens (tertiary/aromatic N) is 1. The summed E-state index contributed by atoms with van der Waals surface area (Å²) < 4.78 is 0. The van der Waals surface area contributed by atoms with Gasteiger partial charge in [-0.2, -0.15) is 0 Å². The lowest BCUT2D eigenvalue weighted by Gasteiger charge is -2.06. The molecular formula is C9H12N2OS2. The van der Waals surface area contributed by atoms with Crippen molar-refractivity contribution in [3.63, 3.8) is 0 Å². The molecular weight excluding hydrogens is 216 g/mol. The Hall–Kier alpha value is -0.420. The Morgan fingerprint density at radius 1 is 1.50 bits per heavy atom. The summed E-state index contributed by atoms with van der Waals surface area (Å²) >= 11 is 3.11. The van der Waals surface area contributed by atoms with Crippen LogP contribution in [-0.2, 0) is 0 Å². The first-order valence-electron chi connectivity index (χ1n) is 4.48. The summed E-state index contributed by atoms with van der Waals surface area (Å²) in [5.41, 5.74) is 0.983. The summed E-state index contributed by atoms with van der Waals surface area (Å²) in [6.45, 7) is 4.26. The Labute approximate surface area is 91.1 Å². The van der Waals surface area contributed by atoms with Gasteiger partial charge in [-0.25, -0.2) is 4.98 Å². The molecule has 3 nitrogen and oxygen atoms in total. The molecule has 1 N–H and O–H groups in total. The fourth-order valence-electron chi connectivity index (χ4n) is 1.49. The third-order valence-electron chi connectivity index (χ3n) is 2.51. The van der Waals surface area contributed by atoms with Gasteiger partial charge >= 0.3 is 0 Å². The predicted octanol–water partition coefficient (Wildman–Crippen LogP) is 2.09. The maximum Gasteiger partial charge on any atom is 0.265 e. The van der Waals surface area contributed by atoms with E-state index in [9.17, 15) is 4.79 Å². The van der Waals surface area contributed by atoms with Gasteiger partial charge in [0, 0.05) is 11.2 Å². The number of aromatic amines is 1. The van der Waals surface area contributed by atoms with Crippen LogP contribution in [0.4, 0.5) is 0 Å². The van der Waals surface area contributed by atoms with Gasteiger partial charge < -0.3 is 4.98 Å². The van der Waals surface area contributed by atoms with E-state index in [4.69, 9.17) is 0 Å². The minimum Gasteiger partial charge on any atom is -0.301 e. The standard InChI is InChI=1S/C9H12N2OS2/c1-4-5(2)14-7-6(4)10-9(13-3)11-8(7)12/h4-5H,1-3H3,(H,10,11,12). The number of fused-ring (bicyclic) bond motifs is 1. The maximum absolute atomic E-state index is 11.7. The Balaban J connectivity index is 2.58. The Morgan fingerprint density at radius 3 is 2.86 bits per heavy atom. The Bertz CT molecular complexity index is 416. The second-order valence-corrected chi connectivity index (χ2v) is 5.58. The number of thioether (sulfide) groups is 2. The highest BCUT2D eigenvalue weighted by molar-refractivity contribution is 8.00. The van der Waals surface area contributed by atoms with E-state index in [0.29, 0.717) is 11.2 Å². The zero-order chi connectivity index (χ0) is 10.3. The Kier molecular flexibility index (Phi) is 2.62. The first kappa shape index (κ1) is 10.1. The minimum atomic E-state index is 0.0144. The summed E-state index contributed by atoms with van der Waals surface area (Å²) in [4.78, 5) is 19.7. The molecule has 0 saturated heterocycles. The number of hydrogen-bond acceptors (Lipinski definition) is 4. The molecule has 0 radical (unpaired) electrons. The highest BCUT2D eigenvalue weighted by Gasteiger charge is 2.30. The molecule has 0 aliphatic carbocycles. The number of hydrogen-bond donors (Lipinski definition) is 1. The highest BCUT2D eigenvalue weighted by Crippen LogP contribution is 2.41. The quantitative estimate of drug-likeness (QED) is 0.590. The van der Waals surface area contributed by atoms with Crippen molar-refractivity contribution in [2.45, 2.75) is 35.1 Å². The predicted molar refractivity (Wildman–Crippen MR) is 60.4 cm³/mol. The number of H-pyrrole nitrogens is 1. The van der Waals surface area contributed by atoms with E-state index in [1.807, 2.05) is 6.26 Å². The molecule has 2 heterocycles. The fraction of sp³-hybridized carbons (Fsp3) is 0.556. The third kappa shape index (κ3) is 1.48. The molecule has 0 aromatic carbocycles. The van der Waals surface area contributed by atoms with Crippen LogP contribution in [0.3, 0.4) is 0 Å². The van der Waals surface area contributed by atoms with Crippen molar-refractivity contribution in [2.24, 2.45) is 0 Å². The molecule has 1 aliphatic rings. The van der Waals surface area contributed by atoms with E-state index in [1.165, 1.54) is 11.8 Å². The topological polar surface area (TPSA) is 45.8 Å². The average Bonchev–Trinajstić information content (AvgIpc) is 2.45. The first-order chi connectivity index (χ1) is 6.63. The van der Waals surface area contributed by atoms with Gasteiger partial charge in [-0.05, 0) is 6.26 Å². The molecule has 14 heavy (non-hydrogen) atoms. The van der Waals surface area contributed by atoms with E-state index in [1.54, 1.807) is 11.8 Å². The third-order valence-corrected chi connectivity index (χ3v) is 4.50. The van der Waals surface area contributed by atoms with Crippen LogP contribution in [0.1, 0.15) is 25.5 Å². The van der Waals surface area contributed by atoms with E-state index in [0.717, 1.165) is 15.7 Å². The largest absolute Gasteiger partial charge is 0.301 e. The lowest BCUT2D eigenvalue weighted by molar-refractivity contribution is 0.700. The molecule has 0 spiro atoms. The van der Waals surface area contributed by atoms with Crippen molar-refractivity contribution in [2.75, 3.05) is 6.26 Å². The zero-order valence-corrected chi connectivity index (χ0v) is 9.96. The van der Waals surface area contributed by atoms with Gasteiger partial charge in [0.25, 0.3) is 5.56 Å². The Morgan fingerprint density at radius 2 is 2.21 bits per heavy atom. The van der Waals surface area contributed by atoms with Crippen LogP contribution in [0.25, 0.3) is 0 Å². The second kappa shape index (κ2) is 3.62. The normalized spacial score (nSPS) is 25.1. The number of aromatic nitrogens is 2. The van der Waals surface area contributed by atoms with Gasteiger partial charge in [-0.3, -0.25) is 4.79 Å². The smallest absolute Gasteiger partial charge is 0.265 e. The molecule has 2 unspecified atom stereocenters. The molecule has 1 aromatic heterocycles. The molecule has 5 heteroatoms. The molecule has 0 fully saturated rings. The lowest BCUT2D eigenvalue weighted by atomic mass is 10.1. The summed E-state index contributed by atoms with van der Waals surface area (Å²) in [5, 5.41) is 1.17. The van der Waals surface area contributed by atoms with E-state index in [2.05, 4.69) is 23.8 Å². The van der Waals surface area contributed by atoms with Gasteiger partial charge in [-0.15, -0.1) is 11.8 Å². The molecule has 0 amide bonds. The van der Waals surface area contributed by atoms with E-state index < -0.39 is 0 Å². The van der Waals surface area contributed by atoms with Crippen LogP contribution in [-0.4, -0.2) is 21.5 Å².